The van der Waals surface area contributed by atoms with Crippen molar-refractivity contribution in [3.8, 4) is 5.75 Å². The number of hydrogen-bond donors (Lipinski definition) is 1. The second kappa shape index (κ2) is 8.91. The molecule has 1 heterocycles. The summed E-state index contributed by atoms with van der Waals surface area (Å²) in [5, 5.41) is 10.1. The van der Waals surface area contributed by atoms with Gasteiger partial charge in [0, 0.05) is 18.5 Å². The smallest absolute Gasteiger partial charge is 0.162 e. The van der Waals surface area contributed by atoms with Crippen LogP contribution in [0.3, 0.4) is 0 Å². The van der Waals surface area contributed by atoms with Gasteiger partial charge in [0.2, 0.25) is 0 Å². The highest BCUT2D eigenvalue weighted by Crippen LogP contribution is 2.14. The highest BCUT2D eigenvalue weighted by atomic mass is 16.5. The third-order valence-corrected chi connectivity index (χ3v) is 4.11. The number of Topliss-reactive ketones (excluding diaryl/α,β-unsaturated/α-hetero) is 1. The molecule has 1 aliphatic rings. The summed E-state index contributed by atoms with van der Waals surface area (Å²) in [4.78, 5) is 13.9. The Labute approximate surface area is 133 Å². The second-order valence-corrected chi connectivity index (χ2v) is 5.98. The summed E-state index contributed by atoms with van der Waals surface area (Å²) in [6, 6.07) is 7.15. The number of aliphatic hydroxyl groups is 1. The van der Waals surface area contributed by atoms with Gasteiger partial charge in [-0.25, -0.2) is 0 Å². The van der Waals surface area contributed by atoms with Crippen molar-refractivity contribution in [1.82, 2.24) is 4.90 Å². The molecule has 1 aliphatic heterocycles. The van der Waals surface area contributed by atoms with Crippen LogP contribution in [0.1, 0.15) is 49.4 Å². The maximum absolute atomic E-state index is 11.6. The van der Waals surface area contributed by atoms with E-state index >= 15 is 0 Å². The van der Waals surface area contributed by atoms with Crippen molar-refractivity contribution in [3.05, 3.63) is 29.8 Å². The highest BCUT2D eigenvalue weighted by molar-refractivity contribution is 5.95. The molecule has 0 saturated carbocycles. The fourth-order valence-electron chi connectivity index (χ4n) is 2.80. The molecule has 122 valence electrons. The van der Waals surface area contributed by atoms with Crippen molar-refractivity contribution >= 4 is 5.78 Å². The van der Waals surface area contributed by atoms with E-state index in [1.54, 1.807) is 24.3 Å². The van der Waals surface area contributed by atoms with Crippen molar-refractivity contribution in [3.63, 3.8) is 0 Å². The lowest BCUT2D eigenvalue weighted by atomic mass is 10.1. The van der Waals surface area contributed by atoms with Gasteiger partial charge < -0.3 is 14.7 Å². The highest BCUT2D eigenvalue weighted by Gasteiger charge is 2.14. The van der Waals surface area contributed by atoms with Crippen molar-refractivity contribution < 1.29 is 14.6 Å². The average molecular weight is 305 g/mol. The SMILES string of the molecule is CCC(=O)c1ccc(OCC(O)CN2CCCCCC2)cc1. The lowest BCUT2D eigenvalue weighted by Gasteiger charge is -2.23. The van der Waals surface area contributed by atoms with E-state index < -0.39 is 6.10 Å². The molecule has 0 spiro atoms. The van der Waals surface area contributed by atoms with Crippen LogP contribution >= 0.6 is 0 Å². The summed E-state index contributed by atoms with van der Waals surface area (Å²) in [7, 11) is 0. The van der Waals surface area contributed by atoms with Crippen molar-refractivity contribution in [2.45, 2.75) is 45.1 Å². The normalized spacial score (nSPS) is 17.7. The van der Waals surface area contributed by atoms with E-state index in [1.807, 2.05) is 6.92 Å². The Morgan fingerprint density at radius 1 is 1.18 bits per heavy atom. The molecule has 4 heteroatoms. The van der Waals surface area contributed by atoms with Crippen LogP contribution in [-0.4, -0.2) is 48.1 Å². The number of ketones is 1. The molecule has 4 nitrogen and oxygen atoms in total. The minimum atomic E-state index is -0.477. The first-order valence-electron chi connectivity index (χ1n) is 8.35. The van der Waals surface area contributed by atoms with Gasteiger partial charge in [-0.2, -0.15) is 0 Å². The summed E-state index contributed by atoms with van der Waals surface area (Å²) in [5.74, 6) is 0.829. The molecule has 0 aliphatic carbocycles. The molecule has 0 aromatic heterocycles. The molecule has 0 radical (unpaired) electrons. The van der Waals surface area contributed by atoms with Gasteiger partial charge in [0.05, 0.1) is 0 Å². The number of benzene rings is 1. The maximum atomic E-state index is 11.6. The topological polar surface area (TPSA) is 49.8 Å². The van der Waals surface area contributed by atoms with E-state index in [4.69, 9.17) is 4.74 Å². The minimum Gasteiger partial charge on any atom is -0.491 e. The average Bonchev–Trinajstić information content (AvgIpc) is 2.81. The lowest BCUT2D eigenvalue weighted by Crippen LogP contribution is -2.36. The number of β-amino-alcohol motifs (C(OH)–C–C–N with tert-alkyl or cyclic N) is 1. The van der Waals surface area contributed by atoms with Crippen molar-refractivity contribution in [2.75, 3.05) is 26.2 Å². The van der Waals surface area contributed by atoms with Crippen LogP contribution < -0.4 is 4.74 Å². The van der Waals surface area contributed by atoms with Gasteiger partial charge in [-0.3, -0.25) is 4.79 Å². The summed E-state index contributed by atoms with van der Waals surface area (Å²) in [6.07, 6.45) is 5.07. The van der Waals surface area contributed by atoms with Gasteiger partial charge in [0.15, 0.2) is 5.78 Å². The Hall–Kier alpha value is -1.39. The zero-order chi connectivity index (χ0) is 15.8. The first kappa shape index (κ1) is 17.0. The van der Waals surface area contributed by atoms with E-state index in [-0.39, 0.29) is 12.4 Å². The fraction of sp³-hybridized carbons (Fsp3) is 0.611. The number of carbonyl (C=O) groups is 1. The Morgan fingerprint density at radius 2 is 1.82 bits per heavy atom. The Balaban J connectivity index is 1.75. The van der Waals surface area contributed by atoms with E-state index in [0.29, 0.717) is 24.3 Å². The third kappa shape index (κ3) is 5.43. The molecular weight excluding hydrogens is 278 g/mol. The first-order chi connectivity index (χ1) is 10.7. The fourth-order valence-corrected chi connectivity index (χ4v) is 2.80. The van der Waals surface area contributed by atoms with E-state index in [0.717, 1.165) is 13.1 Å². The molecular formula is C18H27NO3. The zero-order valence-corrected chi connectivity index (χ0v) is 13.5. The van der Waals surface area contributed by atoms with E-state index in [2.05, 4.69) is 4.90 Å². The molecule has 1 fully saturated rings. The van der Waals surface area contributed by atoms with Crippen molar-refractivity contribution in [2.24, 2.45) is 0 Å². The number of likely N-dealkylation sites (tertiary alicyclic amines) is 1. The number of hydrogen-bond acceptors (Lipinski definition) is 4. The van der Waals surface area contributed by atoms with Gasteiger partial charge in [0.25, 0.3) is 0 Å². The van der Waals surface area contributed by atoms with E-state index in [1.165, 1.54) is 25.7 Å². The maximum Gasteiger partial charge on any atom is 0.162 e. The molecule has 2 rings (SSSR count). The number of rotatable bonds is 7. The number of aliphatic hydroxyl groups excluding tert-OH is 1. The molecule has 1 N–H and O–H groups in total. The van der Waals surface area contributed by atoms with E-state index in [9.17, 15) is 9.90 Å². The van der Waals surface area contributed by atoms with Crippen molar-refractivity contribution in [1.29, 1.82) is 0 Å². The number of nitrogens with zero attached hydrogens (tertiary/aromatic N) is 1. The largest absolute Gasteiger partial charge is 0.491 e. The Morgan fingerprint density at radius 3 is 2.41 bits per heavy atom. The van der Waals surface area contributed by atoms with Crippen LogP contribution in [0.15, 0.2) is 24.3 Å². The monoisotopic (exact) mass is 305 g/mol. The number of ether oxygens (including phenoxy) is 1. The van der Waals surface area contributed by atoms with Crippen LogP contribution in [0.25, 0.3) is 0 Å². The van der Waals surface area contributed by atoms with Gasteiger partial charge in [-0.15, -0.1) is 0 Å². The van der Waals surface area contributed by atoms with Crippen LogP contribution in [0, 0.1) is 0 Å². The summed E-state index contributed by atoms with van der Waals surface area (Å²) < 4.78 is 5.62. The van der Waals surface area contributed by atoms with Crippen LogP contribution in [0.2, 0.25) is 0 Å². The predicted molar refractivity (Wildman–Crippen MR) is 87.5 cm³/mol. The standard InChI is InChI=1S/C18H27NO3/c1-2-18(21)15-7-9-17(10-8-15)22-14-16(20)13-19-11-5-3-4-6-12-19/h7-10,16,20H,2-6,11-14H2,1H3. The van der Waals surface area contributed by atoms with Gasteiger partial charge in [-0.1, -0.05) is 19.8 Å². The third-order valence-electron chi connectivity index (χ3n) is 4.11. The zero-order valence-electron chi connectivity index (χ0n) is 13.5. The summed E-state index contributed by atoms with van der Waals surface area (Å²) in [6.45, 7) is 4.96. The van der Waals surface area contributed by atoms with Crippen LogP contribution in [-0.2, 0) is 0 Å². The molecule has 22 heavy (non-hydrogen) atoms. The van der Waals surface area contributed by atoms with Gasteiger partial charge in [0.1, 0.15) is 18.5 Å². The van der Waals surface area contributed by atoms with Gasteiger partial charge >= 0.3 is 0 Å². The molecule has 1 aromatic rings. The lowest BCUT2D eigenvalue weighted by molar-refractivity contribution is 0.0693. The predicted octanol–water partition coefficient (Wildman–Crippen LogP) is 2.90. The first-order valence-corrected chi connectivity index (χ1v) is 8.35. The molecule has 1 unspecified atom stereocenters. The summed E-state index contributed by atoms with van der Waals surface area (Å²) in [5.41, 5.74) is 0.708. The molecule has 1 aromatic carbocycles. The molecule has 1 atom stereocenters. The van der Waals surface area contributed by atoms with Crippen LogP contribution in [0.4, 0.5) is 0 Å². The van der Waals surface area contributed by atoms with Gasteiger partial charge in [-0.05, 0) is 50.2 Å². The number of carbonyl (C=O) groups excluding carboxylic acids is 1. The quantitative estimate of drug-likeness (QED) is 0.787. The van der Waals surface area contributed by atoms with Crippen LogP contribution in [0.5, 0.6) is 5.75 Å². The Kier molecular flexibility index (Phi) is 6.87. The minimum absolute atomic E-state index is 0.132. The molecule has 0 bridgehead atoms. The summed E-state index contributed by atoms with van der Waals surface area (Å²) >= 11 is 0. The molecule has 0 amide bonds. The second-order valence-electron chi connectivity index (χ2n) is 5.98. The Bertz CT molecular complexity index is 450. The molecule has 1 saturated heterocycles.